The van der Waals surface area contributed by atoms with Gasteiger partial charge >= 0.3 is 0 Å². The number of benzene rings is 1. The van der Waals surface area contributed by atoms with Crippen LogP contribution in [0.4, 0.5) is 5.00 Å². The van der Waals surface area contributed by atoms with E-state index in [0.717, 1.165) is 31.2 Å². The topological polar surface area (TPSA) is 63.2 Å². The predicted octanol–water partition coefficient (Wildman–Crippen LogP) is 3.41. The van der Waals surface area contributed by atoms with Crippen LogP contribution in [0.3, 0.4) is 0 Å². The highest BCUT2D eigenvalue weighted by Gasteiger charge is 2.14. The maximum absolute atomic E-state index is 11.9. The number of hydrogen-bond donors (Lipinski definition) is 1. The summed E-state index contributed by atoms with van der Waals surface area (Å²) in [5.74, 6) is 0.377. The second-order valence-corrected chi connectivity index (χ2v) is 8.73. The van der Waals surface area contributed by atoms with Gasteiger partial charge in [-0.2, -0.15) is 5.10 Å². The minimum absolute atomic E-state index is 0.0737. The first kappa shape index (κ1) is 20.4. The summed E-state index contributed by atoms with van der Waals surface area (Å²) in [5, 5.41) is 5.21. The van der Waals surface area contributed by atoms with Crippen LogP contribution in [-0.2, 0) is 14.9 Å². The Hall–Kier alpha value is -2.38. The van der Waals surface area contributed by atoms with Gasteiger partial charge in [0, 0.05) is 18.0 Å². The van der Waals surface area contributed by atoms with Crippen molar-refractivity contribution in [1.82, 2.24) is 5.43 Å². The van der Waals surface area contributed by atoms with Crippen LogP contribution in [0.1, 0.15) is 31.2 Å². The van der Waals surface area contributed by atoms with Gasteiger partial charge in [-0.3, -0.25) is 4.79 Å². The summed E-state index contributed by atoms with van der Waals surface area (Å²) < 4.78 is 10.9. The monoisotopic (exact) mass is 401 g/mol. The fraction of sp³-hybridized carbons (Fsp3) is 0.429. The Labute approximate surface area is 170 Å². The Morgan fingerprint density at radius 3 is 2.61 bits per heavy atom. The molecule has 1 fully saturated rings. The standard InChI is InChI=1S/C21H27N3O3S/c1-21(2,3)16-4-6-17(7-5-16)27-15-19(25)23-22-14-18-8-9-20(28-18)24-10-12-26-13-11-24/h4-9,14H,10-13,15H2,1-3H3,(H,23,25)/b22-14+. The van der Waals surface area contributed by atoms with Crippen molar-refractivity contribution in [3.8, 4) is 5.75 Å². The van der Waals surface area contributed by atoms with Crippen LogP contribution in [-0.4, -0.2) is 45.0 Å². The van der Waals surface area contributed by atoms with Crippen molar-refractivity contribution < 1.29 is 14.3 Å². The molecule has 0 unspecified atom stereocenters. The lowest BCUT2D eigenvalue weighted by molar-refractivity contribution is -0.123. The molecule has 150 valence electrons. The fourth-order valence-electron chi connectivity index (χ4n) is 2.77. The Kier molecular flexibility index (Phi) is 6.70. The maximum atomic E-state index is 11.9. The van der Waals surface area contributed by atoms with Crippen LogP contribution in [0.5, 0.6) is 5.75 Å². The molecule has 1 amide bonds. The van der Waals surface area contributed by atoms with Gasteiger partial charge in [-0.1, -0.05) is 32.9 Å². The summed E-state index contributed by atoms with van der Waals surface area (Å²) in [4.78, 5) is 15.2. The number of hydrogen-bond acceptors (Lipinski definition) is 6. The number of rotatable bonds is 6. The number of thiophene rings is 1. The number of ether oxygens (including phenoxy) is 2. The summed E-state index contributed by atoms with van der Waals surface area (Å²) >= 11 is 1.64. The molecule has 1 saturated heterocycles. The molecule has 1 N–H and O–H groups in total. The third-order valence-electron chi connectivity index (χ3n) is 4.41. The molecule has 0 aliphatic carbocycles. The van der Waals surface area contributed by atoms with E-state index in [2.05, 4.69) is 42.3 Å². The highest BCUT2D eigenvalue weighted by molar-refractivity contribution is 7.17. The third kappa shape index (κ3) is 5.81. The number of nitrogens with zero attached hydrogens (tertiary/aromatic N) is 2. The van der Waals surface area contributed by atoms with E-state index in [4.69, 9.17) is 9.47 Å². The largest absolute Gasteiger partial charge is 0.484 e. The van der Waals surface area contributed by atoms with Crippen LogP contribution in [0.15, 0.2) is 41.5 Å². The Balaban J connectivity index is 1.43. The number of carbonyl (C=O) groups is 1. The van der Waals surface area contributed by atoms with Crippen molar-refractivity contribution in [1.29, 1.82) is 0 Å². The zero-order valence-electron chi connectivity index (χ0n) is 16.6. The molecule has 1 aromatic heterocycles. The molecule has 0 saturated carbocycles. The quantitative estimate of drug-likeness (QED) is 0.595. The molecule has 2 aromatic rings. The fourth-order valence-corrected chi connectivity index (χ4v) is 3.70. The van der Waals surface area contributed by atoms with Crippen molar-refractivity contribution in [3.05, 3.63) is 46.8 Å². The van der Waals surface area contributed by atoms with E-state index in [-0.39, 0.29) is 17.9 Å². The molecular weight excluding hydrogens is 374 g/mol. The van der Waals surface area contributed by atoms with E-state index >= 15 is 0 Å². The zero-order valence-corrected chi connectivity index (χ0v) is 17.4. The van der Waals surface area contributed by atoms with Crippen LogP contribution >= 0.6 is 11.3 Å². The number of carbonyl (C=O) groups excluding carboxylic acids is 1. The van der Waals surface area contributed by atoms with E-state index in [9.17, 15) is 4.79 Å². The number of amides is 1. The van der Waals surface area contributed by atoms with Crippen LogP contribution in [0.2, 0.25) is 0 Å². The number of hydrazone groups is 1. The molecule has 6 nitrogen and oxygen atoms in total. The van der Waals surface area contributed by atoms with Crippen LogP contribution in [0.25, 0.3) is 0 Å². The smallest absolute Gasteiger partial charge is 0.277 e. The van der Waals surface area contributed by atoms with E-state index in [1.54, 1.807) is 17.6 Å². The highest BCUT2D eigenvalue weighted by Crippen LogP contribution is 2.26. The molecule has 1 aliphatic heterocycles. The summed E-state index contributed by atoms with van der Waals surface area (Å²) in [6.07, 6.45) is 1.66. The molecule has 7 heteroatoms. The number of anilines is 1. The van der Waals surface area contributed by atoms with Crippen LogP contribution in [0, 0.1) is 0 Å². The summed E-state index contributed by atoms with van der Waals surface area (Å²) in [5.41, 5.74) is 3.82. The lowest BCUT2D eigenvalue weighted by Crippen LogP contribution is -2.35. The predicted molar refractivity (Wildman–Crippen MR) is 114 cm³/mol. The van der Waals surface area contributed by atoms with E-state index < -0.39 is 0 Å². The molecule has 1 aromatic carbocycles. The van der Waals surface area contributed by atoms with E-state index in [1.165, 1.54) is 10.6 Å². The van der Waals surface area contributed by atoms with Crippen molar-refractivity contribution in [2.24, 2.45) is 5.10 Å². The van der Waals surface area contributed by atoms with Gasteiger partial charge in [0.25, 0.3) is 5.91 Å². The first-order chi connectivity index (χ1) is 13.4. The summed E-state index contributed by atoms with van der Waals surface area (Å²) in [6.45, 7) is 9.73. The van der Waals surface area contributed by atoms with Crippen molar-refractivity contribution in [3.63, 3.8) is 0 Å². The molecule has 0 radical (unpaired) electrons. The molecule has 1 aliphatic rings. The third-order valence-corrected chi connectivity index (χ3v) is 5.49. The zero-order chi connectivity index (χ0) is 20.0. The van der Waals surface area contributed by atoms with Gasteiger partial charge in [0.1, 0.15) is 5.75 Å². The van der Waals surface area contributed by atoms with E-state index in [0.29, 0.717) is 5.75 Å². The molecule has 0 atom stereocenters. The average Bonchev–Trinajstić information content (AvgIpc) is 3.16. The average molecular weight is 402 g/mol. The molecular formula is C21H27N3O3S. The second-order valence-electron chi connectivity index (χ2n) is 7.63. The normalized spacial score (nSPS) is 15.0. The molecule has 3 rings (SSSR count). The van der Waals surface area contributed by atoms with Gasteiger partial charge in [0.15, 0.2) is 6.61 Å². The first-order valence-electron chi connectivity index (χ1n) is 9.39. The summed E-state index contributed by atoms with van der Waals surface area (Å²) in [6, 6.07) is 11.9. The minimum Gasteiger partial charge on any atom is -0.484 e. The Morgan fingerprint density at radius 1 is 1.21 bits per heavy atom. The first-order valence-corrected chi connectivity index (χ1v) is 10.2. The molecule has 0 bridgehead atoms. The van der Waals surface area contributed by atoms with Crippen molar-refractivity contribution in [2.45, 2.75) is 26.2 Å². The lowest BCUT2D eigenvalue weighted by atomic mass is 9.87. The molecule has 28 heavy (non-hydrogen) atoms. The van der Waals surface area contributed by atoms with Gasteiger partial charge in [-0.15, -0.1) is 11.3 Å². The van der Waals surface area contributed by atoms with Crippen LogP contribution < -0.4 is 15.1 Å². The Bertz CT molecular complexity index is 803. The van der Waals surface area contributed by atoms with Crippen molar-refractivity contribution in [2.75, 3.05) is 37.8 Å². The number of nitrogens with one attached hydrogen (secondary N) is 1. The van der Waals surface area contributed by atoms with Gasteiger partial charge in [0.05, 0.1) is 24.4 Å². The van der Waals surface area contributed by atoms with E-state index in [1.807, 2.05) is 30.3 Å². The highest BCUT2D eigenvalue weighted by atomic mass is 32.1. The second kappa shape index (κ2) is 9.21. The maximum Gasteiger partial charge on any atom is 0.277 e. The van der Waals surface area contributed by atoms with Gasteiger partial charge in [0.2, 0.25) is 0 Å². The Morgan fingerprint density at radius 2 is 1.93 bits per heavy atom. The lowest BCUT2D eigenvalue weighted by Gasteiger charge is -2.27. The van der Waals surface area contributed by atoms with Gasteiger partial charge < -0.3 is 14.4 Å². The van der Waals surface area contributed by atoms with Crippen molar-refractivity contribution >= 4 is 28.5 Å². The molecule has 0 spiro atoms. The summed E-state index contributed by atoms with van der Waals surface area (Å²) in [7, 11) is 0. The SMILES string of the molecule is CC(C)(C)c1ccc(OCC(=O)N/N=C/c2ccc(N3CCOCC3)s2)cc1. The minimum atomic E-state index is -0.291. The van der Waals surface area contributed by atoms with Gasteiger partial charge in [-0.25, -0.2) is 5.43 Å². The van der Waals surface area contributed by atoms with Gasteiger partial charge in [-0.05, 0) is 35.2 Å². The molecule has 2 heterocycles. The number of morpholine rings is 1.